The maximum absolute atomic E-state index is 5.61. The molecule has 0 N–H and O–H groups in total. The molecule has 0 aromatic rings. The lowest BCUT2D eigenvalue weighted by atomic mass is 10.0. The fraction of sp³-hybridized carbons (Fsp3) is 1.00. The molecule has 8 heavy (non-hydrogen) atoms. The standard InChI is InChI=1S/C6H12BN/c1-6-4-2-3-5-8(6)7/h6H,2-5H2,1H3/t6-/m1/s1. The van der Waals surface area contributed by atoms with Gasteiger partial charge in [-0.15, -0.1) is 0 Å². The molecule has 1 aliphatic rings. The van der Waals surface area contributed by atoms with Gasteiger partial charge in [-0.25, -0.2) is 0 Å². The van der Waals surface area contributed by atoms with E-state index in [2.05, 4.69) is 6.92 Å². The highest BCUT2D eigenvalue weighted by molar-refractivity contribution is 6.04. The number of piperidine rings is 1. The molecule has 0 aromatic heterocycles. The third-order valence-corrected chi connectivity index (χ3v) is 1.85. The molecule has 2 heteroatoms. The molecule has 1 heterocycles. The van der Waals surface area contributed by atoms with E-state index in [-0.39, 0.29) is 0 Å². The van der Waals surface area contributed by atoms with Crippen LogP contribution in [0.2, 0.25) is 0 Å². The summed E-state index contributed by atoms with van der Waals surface area (Å²) in [5.74, 6) is 0. The number of hydrogen-bond acceptors (Lipinski definition) is 1. The van der Waals surface area contributed by atoms with Crippen molar-refractivity contribution >= 4 is 7.98 Å². The molecule has 0 aliphatic carbocycles. The zero-order chi connectivity index (χ0) is 5.98. The van der Waals surface area contributed by atoms with Crippen molar-refractivity contribution in [3.05, 3.63) is 0 Å². The third kappa shape index (κ3) is 1.25. The van der Waals surface area contributed by atoms with Gasteiger partial charge in [-0.2, -0.15) is 0 Å². The maximum atomic E-state index is 5.61. The van der Waals surface area contributed by atoms with Crippen LogP contribution in [0.4, 0.5) is 0 Å². The molecule has 1 atom stereocenters. The second-order valence-corrected chi connectivity index (χ2v) is 2.58. The summed E-state index contributed by atoms with van der Waals surface area (Å²) in [7, 11) is 5.61. The van der Waals surface area contributed by atoms with E-state index < -0.39 is 0 Å². The highest BCUT2D eigenvalue weighted by Crippen LogP contribution is 2.12. The van der Waals surface area contributed by atoms with Crippen LogP contribution in [-0.2, 0) is 0 Å². The molecule has 0 bridgehead atoms. The zero-order valence-corrected chi connectivity index (χ0v) is 5.43. The van der Waals surface area contributed by atoms with Crippen LogP contribution in [0.5, 0.6) is 0 Å². The summed E-state index contributed by atoms with van der Waals surface area (Å²) < 4.78 is 0. The Morgan fingerprint density at radius 2 is 2.25 bits per heavy atom. The van der Waals surface area contributed by atoms with Gasteiger partial charge in [-0.3, -0.25) is 0 Å². The Hall–Kier alpha value is 0.0249. The first kappa shape index (κ1) is 6.15. The van der Waals surface area contributed by atoms with E-state index in [0.29, 0.717) is 6.04 Å². The average Bonchev–Trinajstić information content (AvgIpc) is 1.77. The van der Waals surface area contributed by atoms with E-state index in [0.717, 1.165) is 6.54 Å². The van der Waals surface area contributed by atoms with E-state index in [1.807, 2.05) is 4.81 Å². The fourth-order valence-electron chi connectivity index (χ4n) is 1.12. The average molecular weight is 109 g/mol. The molecule has 2 radical (unpaired) electrons. The van der Waals surface area contributed by atoms with Crippen molar-refractivity contribution in [3.63, 3.8) is 0 Å². The van der Waals surface area contributed by atoms with Gasteiger partial charge in [-0.1, -0.05) is 13.3 Å². The van der Waals surface area contributed by atoms with E-state index in [1.165, 1.54) is 19.3 Å². The molecule has 1 nitrogen and oxygen atoms in total. The van der Waals surface area contributed by atoms with Gasteiger partial charge in [0.1, 0.15) is 0 Å². The first-order valence-electron chi connectivity index (χ1n) is 3.32. The van der Waals surface area contributed by atoms with Gasteiger partial charge in [0.25, 0.3) is 0 Å². The van der Waals surface area contributed by atoms with Crippen LogP contribution in [-0.4, -0.2) is 25.4 Å². The van der Waals surface area contributed by atoms with Crippen LogP contribution in [0, 0.1) is 0 Å². The second-order valence-electron chi connectivity index (χ2n) is 2.58. The first-order chi connectivity index (χ1) is 3.80. The number of hydrogen-bond donors (Lipinski definition) is 0. The molecule has 0 unspecified atom stereocenters. The highest BCUT2D eigenvalue weighted by Gasteiger charge is 2.11. The lowest BCUT2D eigenvalue weighted by molar-refractivity contribution is 0.280. The summed E-state index contributed by atoms with van der Waals surface area (Å²) in [6, 6.07) is 0.615. The minimum absolute atomic E-state index is 0.615. The maximum Gasteiger partial charge on any atom is 0.182 e. The minimum Gasteiger partial charge on any atom is -0.351 e. The fourth-order valence-corrected chi connectivity index (χ4v) is 1.12. The van der Waals surface area contributed by atoms with Crippen molar-refractivity contribution in [2.45, 2.75) is 32.2 Å². The van der Waals surface area contributed by atoms with Crippen molar-refractivity contribution in [3.8, 4) is 0 Å². The van der Waals surface area contributed by atoms with Gasteiger partial charge >= 0.3 is 0 Å². The summed E-state index contributed by atoms with van der Waals surface area (Å²) in [5.41, 5.74) is 0. The summed E-state index contributed by atoms with van der Waals surface area (Å²) in [6.45, 7) is 3.26. The van der Waals surface area contributed by atoms with Crippen LogP contribution < -0.4 is 0 Å². The van der Waals surface area contributed by atoms with Crippen molar-refractivity contribution in [1.29, 1.82) is 0 Å². The molecule has 44 valence electrons. The monoisotopic (exact) mass is 109 g/mol. The SMILES string of the molecule is [B]N1CCCC[C@H]1C. The van der Waals surface area contributed by atoms with Crippen molar-refractivity contribution in [2.75, 3.05) is 6.54 Å². The van der Waals surface area contributed by atoms with E-state index in [9.17, 15) is 0 Å². The predicted molar refractivity (Wildman–Crippen MR) is 35.8 cm³/mol. The van der Waals surface area contributed by atoms with Crippen molar-refractivity contribution < 1.29 is 0 Å². The Labute approximate surface area is 52.5 Å². The van der Waals surface area contributed by atoms with Gasteiger partial charge < -0.3 is 4.81 Å². The summed E-state index contributed by atoms with van der Waals surface area (Å²) in [6.07, 6.45) is 3.91. The van der Waals surface area contributed by atoms with Gasteiger partial charge in [0.05, 0.1) is 0 Å². The van der Waals surface area contributed by atoms with Crippen LogP contribution in [0.3, 0.4) is 0 Å². The summed E-state index contributed by atoms with van der Waals surface area (Å²) in [5, 5.41) is 0. The van der Waals surface area contributed by atoms with Crippen LogP contribution in [0.15, 0.2) is 0 Å². The molecule has 1 aliphatic heterocycles. The van der Waals surface area contributed by atoms with Crippen LogP contribution >= 0.6 is 0 Å². The van der Waals surface area contributed by atoms with Crippen LogP contribution in [0.1, 0.15) is 26.2 Å². The molecule has 0 amide bonds. The predicted octanol–water partition coefficient (Wildman–Crippen LogP) is 0.944. The van der Waals surface area contributed by atoms with Crippen molar-refractivity contribution in [1.82, 2.24) is 4.81 Å². The van der Waals surface area contributed by atoms with E-state index >= 15 is 0 Å². The smallest absolute Gasteiger partial charge is 0.182 e. The minimum atomic E-state index is 0.615. The molecular weight excluding hydrogens is 96.9 g/mol. The zero-order valence-electron chi connectivity index (χ0n) is 5.43. The van der Waals surface area contributed by atoms with Gasteiger partial charge in [0, 0.05) is 0 Å². The largest absolute Gasteiger partial charge is 0.351 e. The summed E-state index contributed by atoms with van der Waals surface area (Å²) >= 11 is 0. The highest BCUT2D eigenvalue weighted by atomic mass is 15.1. The molecule has 0 spiro atoms. The lowest BCUT2D eigenvalue weighted by Gasteiger charge is -2.29. The number of rotatable bonds is 0. The molecular formula is C6H12BN. The molecule has 0 aromatic carbocycles. The van der Waals surface area contributed by atoms with Gasteiger partial charge in [0.2, 0.25) is 0 Å². The van der Waals surface area contributed by atoms with E-state index in [1.54, 1.807) is 0 Å². The Bertz CT molecular complexity index is 64.9. The Morgan fingerprint density at radius 1 is 1.50 bits per heavy atom. The number of nitrogens with zero attached hydrogens (tertiary/aromatic N) is 1. The van der Waals surface area contributed by atoms with Crippen molar-refractivity contribution in [2.24, 2.45) is 0 Å². The normalized spacial score (nSPS) is 32.9. The molecule has 1 fully saturated rings. The van der Waals surface area contributed by atoms with Crippen LogP contribution in [0.25, 0.3) is 0 Å². The quantitative estimate of drug-likeness (QED) is 0.418. The first-order valence-corrected chi connectivity index (χ1v) is 3.32. The lowest BCUT2D eigenvalue weighted by Crippen LogP contribution is -2.34. The summed E-state index contributed by atoms with van der Waals surface area (Å²) in [4.78, 5) is 1.93. The van der Waals surface area contributed by atoms with Gasteiger partial charge in [-0.05, 0) is 25.4 Å². The molecule has 1 saturated heterocycles. The topological polar surface area (TPSA) is 3.24 Å². The third-order valence-electron chi connectivity index (χ3n) is 1.85. The Balaban J connectivity index is 2.28. The molecule has 0 saturated carbocycles. The van der Waals surface area contributed by atoms with Gasteiger partial charge in [0.15, 0.2) is 7.98 Å². The second kappa shape index (κ2) is 2.54. The Kier molecular flexibility index (Phi) is 1.95. The Morgan fingerprint density at radius 3 is 2.62 bits per heavy atom. The molecule has 1 rings (SSSR count). The van der Waals surface area contributed by atoms with E-state index in [4.69, 9.17) is 7.98 Å².